The van der Waals surface area contributed by atoms with Crippen molar-refractivity contribution in [3.8, 4) is 11.4 Å². The van der Waals surface area contributed by atoms with Crippen LogP contribution in [0, 0.1) is 5.92 Å². The quantitative estimate of drug-likeness (QED) is 0.555. The smallest absolute Gasteiger partial charge is 0.318 e. The second-order valence-corrected chi connectivity index (χ2v) is 7.39. The second kappa shape index (κ2) is 8.86. The van der Waals surface area contributed by atoms with E-state index in [-0.39, 0.29) is 5.92 Å². The van der Waals surface area contributed by atoms with Crippen molar-refractivity contribution in [2.24, 2.45) is 11.7 Å². The largest absolute Gasteiger partial charge is 0.351 e. The topological polar surface area (TPSA) is 103 Å². The summed E-state index contributed by atoms with van der Waals surface area (Å²) in [5.41, 5.74) is 5.90. The van der Waals surface area contributed by atoms with E-state index in [0.717, 1.165) is 5.56 Å². The molecule has 2 aromatic rings. The van der Waals surface area contributed by atoms with Gasteiger partial charge in [0.1, 0.15) is 0 Å². The number of carbonyl (C=O) groups excluding carboxylic acids is 2. The molecule has 1 heterocycles. The van der Waals surface area contributed by atoms with Crippen molar-refractivity contribution < 1.29 is 9.59 Å². The summed E-state index contributed by atoms with van der Waals surface area (Å²) >= 11 is 7.17. The molecule has 26 heavy (non-hydrogen) atoms. The fourth-order valence-corrected chi connectivity index (χ4v) is 3.45. The number of benzene rings is 1. The van der Waals surface area contributed by atoms with Crippen molar-refractivity contribution in [1.82, 2.24) is 20.1 Å². The van der Waals surface area contributed by atoms with Crippen molar-refractivity contribution in [2.45, 2.75) is 30.8 Å². The number of aromatic nitrogens is 3. The molecular formula is C17H20ClN5O2S. The zero-order valence-corrected chi connectivity index (χ0v) is 16.0. The highest BCUT2D eigenvalue weighted by atomic mass is 35.5. The number of nitrogens with zero attached hydrogens (tertiary/aromatic N) is 3. The van der Waals surface area contributed by atoms with Crippen LogP contribution in [0.4, 0.5) is 4.79 Å². The summed E-state index contributed by atoms with van der Waals surface area (Å²) in [7, 11) is 0. The van der Waals surface area contributed by atoms with Crippen LogP contribution in [0.2, 0.25) is 5.02 Å². The number of allylic oxidation sites excluding steroid dienone is 1. The Bertz CT molecular complexity index is 804. The Hall–Kier alpha value is -2.32. The van der Waals surface area contributed by atoms with Gasteiger partial charge in [0.25, 0.3) is 0 Å². The van der Waals surface area contributed by atoms with Gasteiger partial charge in [-0.2, -0.15) is 0 Å². The number of primary amides is 1. The van der Waals surface area contributed by atoms with Crippen LogP contribution in [-0.2, 0) is 11.3 Å². The SMILES string of the molecule is C=CCn1c(S[C@@H](C(=O)NC(N)=O)C(C)C)nnc1-c1ccc(Cl)cc1. The molecule has 1 atom stereocenters. The second-order valence-electron chi connectivity index (χ2n) is 5.85. The van der Waals surface area contributed by atoms with Crippen LogP contribution in [0.1, 0.15) is 13.8 Å². The van der Waals surface area contributed by atoms with Crippen LogP contribution in [0.3, 0.4) is 0 Å². The fraction of sp³-hybridized carbons (Fsp3) is 0.294. The van der Waals surface area contributed by atoms with Gasteiger partial charge in [-0.05, 0) is 30.2 Å². The number of hydrogen-bond acceptors (Lipinski definition) is 5. The number of urea groups is 1. The minimum Gasteiger partial charge on any atom is -0.351 e. The lowest BCUT2D eigenvalue weighted by molar-refractivity contribution is -0.120. The minimum atomic E-state index is -0.879. The number of imide groups is 1. The molecular weight excluding hydrogens is 374 g/mol. The van der Waals surface area contributed by atoms with Gasteiger partial charge in [0.05, 0.1) is 5.25 Å². The van der Waals surface area contributed by atoms with Gasteiger partial charge in [-0.15, -0.1) is 16.8 Å². The first-order valence-electron chi connectivity index (χ1n) is 7.90. The van der Waals surface area contributed by atoms with E-state index in [0.29, 0.717) is 22.5 Å². The number of halogens is 1. The summed E-state index contributed by atoms with van der Waals surface area (Å²) in [4.78, 5) is 23.3. The maximum absolute atomic E-state index is 12.3. The molecule has 1 aromatic carbocycles. The van der Waals surface area contributed by atoms with Crippen molar-refractivity contribution >= 4 is 35.3 Å². The first-order chi connectivity index (χ1) is 12.3. The highest BCUT2D eigenvalue weighted by Gasteiger charge is 2.27. The molecule has 1 aromatic heterocycles. The average molecular weight is 394 g/mol. The van der Waals surface area contributed by atoms with E-state index in [2.05, 4.69) is 22.1 Å². The zero-order chi connectivity index (χ0) is 19.3. The van der Waals surface area contributed by atoms with E-state index in [1.807, 2.05) is 30.5 Å². The first kappa shape index (κ1) is 20.0. The van der Waals surface area contributed by atoms with Gasteiger partial charge in [0, 0.05) is 17.1 Å². The maximum Gasteiger partial charge on any atom is 0.318 e. The van der Waals surface area contributed by atoms with E-state index >= 15 is 0 Å². The molecule has 0 fully saturated rings. The Balaban J connectivity index is 2.36. The van der Waals surface area contributed by atoms with E-state index in [1.54, 1.807) is 18.2 Å². The van der Waals surface area contributed by atoms with Crippen molar-refractivity contribution in [2.75, 3.05) is 0 Å². The average Bonchev–Trinajstić information content (AvgIpc) is 2.95. The fourth-order valence-electron chi connectivity index (χ4n) is 2.28. The van der Waals surface area contributed by atoms with E-state index < -0.39 is 17.2 Å². The first-order valence-corrected chi connectivity index (χ1v) is 9.16. The van der Waals surface area contributed by atoms with Gasteiger partial charge in [0.2, 0.25) is 5.91 Å². The summed E-state index contributed by atoms with van der Waals surface area (Å²) in [5.74, 6) is 0.132. The highest BCUT2D eigenvalue weighted by Crippen LogP contribution is 2.30. The molecule has 138 valence electrons. The minimum absolute atomic E-state index is 0.0489. The Morgan fingerprint density at radius 3 is 2.54 bits per heavy atom. The number of nitrogens with two attached hydrogens (primary N) is 1. The number of hydrogen-bond donors (Lipinski definition) is 2. The van der Waals surface area contributed by atoms with Gasteiger partial charge in [-0.25, -0.2) is 4.79 Å². The number of nitrogens with one attached hydrogen (secondary N) is 1. The lowest BCUT2D eigenvalue weighted by Crippen LogP contribution is -2.42. The third-order valence-corrected chi connectivity index (χ3v) is 5.25. The van der Waals surface area contributed by atoms with Crippen LogP contribution in [-0.4, -0.2) is 32.0 Å². The predicted octanol–water partition coefficient (Wildman–Crippen LogP) is 3.10. The van der Waals surface area contributed by atoms with Gasteiger partial charge in [-0.1, -0.05) is 43.3 Å². The molecule has 7 nitrogen and oxygen atoms in total. The molecule has 2 rings (SSSR count). The Labute approximate surface area is 161 Å². The molecule has 0 aliphatic carbocycles. The molecule has 9 heteroatoms. The Morgan fingerprint density at radius 1 is 1.35 bits per heavy atom. The van der Waals surface area contributed by atoms with Gasteiger partial charge in [-0.3, -0.25) is 14.7 Å². The molecule has 3 N–H and O–H groups in total. The third kappa shape index (κ3) is 4.86. The number of rotatable bonds is 7. The number of thioether (sulfide) groups is 1. The highest BCUT2D eigenvalue weighted by molar-refractivity contribution is 8.00. The zero-order valence-electron chi connectivity index (χ0n) is 14.5. The molecule has 0 saturated carbocycles. The predicted molar refractivity (Wildman–Crippen MR) is 103 cm³/mol. The van der Waals surface area contributed by atoms with Crippen LogP contribution >= 0.6 is 23.4 Å². The summed E-state index contributed by atoms with van der Waals surface area (Å²) in [6, 6.07) is 6.36. The summed E-state index contributed by atoms with van der Waals surface area (Å²) in [6.07, 6.45) is 1.72. The van der Waals surface area contributed by atoms with E-state index in [4.69, 9.17) is 17.3 Å². The molecule has 3 amide bonds. The van der Waals surface area contributed by atoms with E-state index in [9.17, 15) is 9.59 Å². The standard InChI is InChI=1S/C17H20ClN5O2S/c1-4-9-23-14(11-5-7-12(18)8-6-11)21-22-17(23)26-13(10(2)3)15(24)20-16(19)25/h4-8,10,13H,1,9H2,2-3H3,(H3,19,20,24,25)/t13-/m1/s1. The molecule has 0 aliphatic heterocycles. The van der Waals surface area contributed by atoms with Crippen LogP contribution in [0.15, 0.2) is 42.1 Å². The molecule has 0 bridgehead atoms. The Morgan fingerprint density at radius 2 is 2.00 bits per heavy atom. The van der Waals surface area contributed by atoms with Crippen LogP contribution in [0.5, 0.6) is 0 Å². The Kier molecular flexibility index (Phi) is 6.82. The number of amides is 3. The molecule has 0 aliphatic rings. The normalized spacial score (nSPS) is 12.0. The molecule has 0 spiro atoms. The van der Waals surface area contributed by atoms with Crippen molar-refractivity contribution in [1.29, 1.82) is 0 Å². The van der Waals surface area contributed by atoms with Crippen molar-refractivity contribution in [3.63, 3.8) is 0 Å². The summed E-state index contributed by atoms with van der Waals surface area (Å²) in [6.45, 7) is 8.00. The monoisotopic (exact) mass is 393 g/mol. The van der Waals surface area contributed by atoms with Gasteiger partial charge in [0.15, 0.2) is 11.0 Å². The lowest BCUT2D eigenvalue weighted by atomic mass is 10.1. The van der Waals surface area contributed by atoms with Gasteiger partial charge >= 0.3 is 6.03 Å². The van der Waals surface area contributed by atoms with Crippen LogP contribution < -0.4 is 11.1 Å². The van der Waals surface area contributed by atoms with Gasteiger partial charge < -0.3 is 5.73 Å². The molecule has 0 saturated heterocycles. The van der Waals surface area contributed by atoms with Crippen molar-refractivity contribution in [3.05, 3.63) is 41.9 Å². The summed E-state index contributed by atoms with van der Waals surface area (Å²) < 4.78 is 1.85. The van der Waals surface area contributed by atoms with E-state index in [1.165, 1.54) is 11.8 Å². The lowest BCUT2D eigenvalue weighted by Gasteiger charge is -2.18. The summed E-state index contributed by atoms with van der Waals surface area (Å²) in [5, 5.41) is 11.2. The third-order valence-electron chi connectivity index (χ3n) is 3.47. The maximum atomic E-state index is 12.3. The molecule has 0 unspecified atom stereocenters. The number of carbonyl (C=O) groups is 2. The molecule has 0 radical (unpaired) electrons. The van der Waals surface area contributed by atoms with Crippen LogP contribution in [0.25, 0.3) is 11.4 Å².